The number of urea groups is 1. The topological polar surface area (TPSA) is 67.2 Å². The van der Waals surface area contributed by atoms with Crippen molar-refractivity contribution in [3.63, 3.8) is 0 Å². The normalized spacial score (nSPS) is 22.8. The van der Waals surface area contributed by atoms with Crippen LogP contribution in [0.15, 0.2) is 24.3 Å². The Morgan fingerprint density at radius 1 is 1.37 bits per heavy atom. The largest absolute Gasteiger partial charge is 0.399 e. The third-order valence-corrected chi connectivity index (χ3v) is 4.64. The predicted molar refractivity (Wildman–Crippen MR) is 82.6 cm³/mol. The minimum Gasteiger partial charge on any atom is -0.399 e. The van der Waals surface area contributed by atoms with Crippen LogP contribution in [-0.2, 0) is 0 Å². The maximum atomic E-state index is 12.0. The van der Waals surface area contributed by atoms with Crippen molar-refractivity contribution >= 4 is 29.2 Å². The third-order valence-electron chi connectivity index (χ3n) is 3.47. The molecule has 5 heteroatoms. The number of anilines is 2. The smallest absolute Gasteiger partial charge is 0.319 e. The molecular formula is C14H21N3OS. The molecular weight excluding hydrogens is 258 g/mol. The van der Waals surface area contributed by atoms with Crippen molar-refractivity contribution in [2.75, 3.05) is 17.3 Å². The zero-order valence-corrected chi connectivity index (χ0v) is 12.0. The first-order valence-electron chi connectivity index (χ1n) is 6.65. The summed E-state index contributed by atoms with van der Waals surface area (Å²) in [4.78, 5) is 12.0. The van der Waals surface area contributed by atoms with Gasteiger partial charge < -0.3 is 16.4 Å². The average Bonchev–Trinajstić information content (AvgIpc) is 2.39. The molecule has 2 rings (SSSR count). The highest BCUT2D eigenvalue weighted by Crippen LogP contribution is 2.27. The van der Waals surface area contributed by atoms with Gasteiger partial charge in [0.2, 0.25) is 0 Å². The highest BCUT2D eigenvalue weighted by Gasteiger charge is 2.25. The highest BCUT2D eigenvalue weighted by atomic mass is 32.2. The summed E-state index contributed by atoms with van der Waals surface area (Å²) in [6.07, 6.45) is 6.82. The van der Waals surface area contributed by atoms with E-state index in [1.165, 1.54) is 19.3 Å². The van der Waals surface area contributed by atoms with Crippen molar-refractivity contribution in [3.05, 3.63) is 24.3 Å². The lowest BCUT2D eigenvalue weighted by molar-refractivity contribution is 0.245. The van der Waals surface area contributed by atoms with Gasteiger partial charge in [0.1, 0.15) is 0 Å². The number of carbonyl (C=O) groups excluding carboxylic acids is 1. The zero-order valence-electron chi connectivity index (χ0n) is 11.2. The highest BCUT2D eigenvalue weighted by molar-refractivity contribution is 7.99. The van der Waals surface area contributed by atoms with Crippen LogP contribution < -0.4 is 16.4 Å². The van der Waals surface area contributed by atoms with Gasteiger partial charge in [-0.05, 0) is 37.3 Å². The molecule has 0 spiro atoms. The van der Waals surface area contributed by atoms with Gasteiger partial charge in [0.15, 0.2) is 0 Å². The monoisotopic (exact) mass is 279 g/mol. The third kappa shape index (κ3) is 4.06. The van der Waals surface area contributed by atoms with E-state index in [-0.39, 0.29) is 12.1 Å². The van der Waals surface area contributed by atoms with Crippen LogP contribution in [-0.4, -0.2) is 23.6 Å². The quantitative estimate of drug-likeness (QED) is 0.745. The number of nitrogen functional groups attached to an aromatic ring is 1. The lowest BCUT2D eigenvalue weighted by Crippen LogP contribution is -2.45. The Balaban J connectivity index is 1.90. The fourth-order valence-electron chi connectivity index (χ4n) is 2.50. The molecule has 0 bridgehead atoms. The van der Waals surface area contributed by atoms with Crippen molar-refractivity contribution in [1.29, 1.82) is 0 Å². The molecule has 0 aliphatic heterocycles. The van der Waals surface area contributed by atoms with E-state index < -0.39 is 0 Å². The van der Waals surface area contributed by atoms with Crippen molar-refractivity contribution in [3.8, 4) is 0 Å². The van der Waals surface area contributed by atoms with Gasteiger partial charge in [0.25, 0.3) is 0 Å². The van der Waals surface area contributed by atoms with E-state index in [9.17, 15) is 4.79 Å². The minimum atomic E-state index is -0.142. The van der Waals surface area contributed by atoms with Crippen molar-refractivity contribution in [1.82, 2.24) is 5.32 Å². The number of hydrogen-bond acceptors (Lipinski definition) is 3. The number of carbonyl (C=O) groups is 1. The van der Waals surface area contributed by atoms with Gasteiger partial charge in [-0.25, -0.2) is 4.79 Å². The van der Waals surface area contributed by atoms with Gasteiger partial charge >= 0.3 is 6.03 Å². The lowest BCUT2D eigenvalue weighted by atomic mass is 9.95. The lowest BCUT2D eigenvalue weighted by Gasteiger charge is -2.30. The Labute approximate surface area is 118 Å². The van der Waals surface area contributed by atoms with Crippen LogP contribution in [0.25, 0.3) is 0 Å². The van der Waals surface area contributed by atoms with E-state index >= 15 is 0 Å². The summed E-state index contributed by atoms with van der Waals surface area (Å²) < 4.78 is 0. The van der Waals surface area contributed by atoms with E-state index in [1.807, 2.05) is 23.9 Å². The first-order chi connectivity index (χ1) is 9.19. The second-order valence-corrected chi connectivity index (χ2v) is 5.97. The first kappa shape index (κ1) is 14.1. The summed E-state index contributed by atoms with van der Waals surface area (Å²) in [7, 11) is 0. The van der Waals surface area contributed by atoms with Crippen molar-refractivity contribution < 1.29 is 4.79 Å². The summed E-state index contributed by atoms with van der Waals surface area (Å²) in [6, 6.07) is 7.35. The molecule has 1 fully saturated rings. The standard InChI is InChI=1S/C14H21N3OS/c1-19-13-8-3-2-7-12(13)17-14(18)16-11-6-4-5-10(15)9-11/h4-6,9,12-13H,2-3,7-8,15H2,1H3,(H2,16,17,18). The molecule has 1 aromatic rings. The number of rotatable bonds is 3. The van der Waals surface area contributed by atoms with Gasteiger partial charge in [-0.15, -0.1) is 0 Å². The SMILES string of the molecule is CSC1CCCCC1NC(=O)Nc1cccc(N)c1. The van der Waals surface area contributed by atoms with Crippen LogP contribution in [0, 0.1) is 0 Å². The fourth-order valence-corrected chi connectivity index (χ4v) is 3.43. The second-order valence-electron chi connectivity index (χ2n) is 4.89. The molecule has 2 atom stereocenters. The van der Waals surface area contributed by atoms with Crippen LogP contribution in [0.5, 0.6) is 0 Å². The molecule has 1 aliphatic carbocycles. The Morgan fingerprint density at radius 3 is 2.89 bits per heavy atom. The number of hydrogen-bond donors (Lipinski definition) is 3. The van der Waals surface area contributed by atoms with Crippen LogP contribution in [0.3, 0.4) is 0 Å². The second kappa shape index (κ2) is 6.70. The Bertz CT molecular complexity index is 438. The van der Waals surface area contributed by atoms with E-state index in [0.717, 1.165) is 12.1 Å². The summed E-state index contributed by atoms with van der Waals surface area (Å²) >= 11 is 1.84. The molecule has 2 unspecified atom stereocenters. The van der Waals surface area contributed by atoms with Crippen LogP contribution >= 0.6 is 11.8 Å². The maximum absolute atomic E-state index is 12.0. The Kier molecular flexibility index (Phi) is 4.96. The number of amides is 2. The molecule has 104 valence electrons. The molecule has 1 aromatic carbocycles. The molecule has 2 amide bonds. The summed E-state index contributed by atoms with van der Waals surface area (Å²) in [5, 5.41) is 6.44. The molecule has 4 nitrogen and oxygen atoms in total. The van der Waals surface area contributed by atoms with E-state index in [4.69, 9.17) is 5.73 Å². The van der Waals surface area contributed by atoms with Gasteiger partial charge in [0, 0.05) is 22.7 Å². The average molecular weight is 279 g/mol. The maximum Gasteiger partial charge on any atom is 0.319 e. The Morgan fingerprint density at radius 2 is 2.16 bits per heavy atom. The predicted octanol–water partition coefficient (Wildman–Crippen LogP) is 3.06. The van der Waals surface area contributed by atoms with Gasteiger partial charge in [-0.1, -0.05) is 18.9 Å². The molecule has 0 heterocycles. The Hall–Kier alpha value is -1.36. The molecule has 1 aliphatic rings. The number of nitrogens with two attached hydrogens (primary N) is 1. The number of benzene rings is 1. The zero-order chi connectivity index (χ0) is 13.7. The summed E-state index contributed by atoms with van der Waals surface area (Å²) in [5.74, 6) is 0. The van der Waals surface area contributed by atoms with Gasteiger partial charge in [-0.3, -0.25) is 0 Å². The molecule has 19 heavy (non-hydrogen) atoms. The van der Waals surface area contributed by atoms with E-state index in [1.54, 1.807) is 12.1 Å². The first-order valence-corrected chi connectivity index (χ1v) is 7.93. The van der Waals surface area contributed by atoms with Crippen LogP contribution in [0.2, 0.25) is 0 Å². The molecule has 0 saturated heterocycles. The molecule has 0 aromatic heterocycles. The minimum absolute atomic E-state index is 0.142. The van der Waals surface area contributed by atoms with Gasteiger partial charge in [-0.2, -0.15) is 11.8 Å². The van der Waals surface area contributed by atoms with Crippen molar-refractivity contribution in [2.24, 2.45) is 0 Å². The van der Waals surface area contributed by atoms with Crippen LogP contribution in [0.1, 0.15) is 25.7 Å². The van der Waals surface area contributed by atoms with E-state index in [2.05, 4.69) is 16.9 Å². The molecule has 4 N–H and O–H groups in total. The number of nitrogens with one attached hydrogen (secondary N) is 2. The fraction of sp³-hybridized carbons (Fsp3) is 0.500. The number of thioether (sulfide) groups is 1. The summed E-state index contributed by atoms with van der Waals surface area (Å²) in [6.45, 7) is 0. The van der Waals surface area contributed by atoms with E-state index in [0.29, 0.717) is 10.9 Å². The van der Waals surface area contributed by atoms with Crippen LogP contribution in [0.4, 0.5) is 16.2 Å². The molecule has 1 saturated carbocycles. The van der Waals surface area contributed by atoms with Gasteiger partial charge in [0.05, 0.1) is 0 Å². The van der Waals surface area contributed by atoms with Crippen molar-refractivity contribution in [2.45, 2.75) is 37.0 Å². The summed E-state index contributed by atoms with van der Waals surface area (Å²) in [5.41, 5.74) is 7.07. The molecule has 0 radical (unpaired) electrons.